The van der Waals surface area contributed by atoms with E-state index in [4.69, 9.17) is 5.73 Å². The first kappa shape index (κ1) is 14.0. The molecule has 8 heteroatoms. The van der Waals surface area contributed by atoms with Crippen molar-refractivity contribution in [1.29, 1.82) is 0 Å². The molecule has 1 aromatic carbocycles. The highest BCUT2D eigenvalue weighted by Crippen LogP contribution is 2.25. The molecule has 1 aromatic heterocycles. The van der Waals surface area contributed by atoms with Crippen LogP contribution in [-0.4, -0.2) is 29.7 Å². The monoisotopic (exact) mass is 344 g/mol. The molecule has 0 atom stereocenters. The Morgan fingerprint density at radius 2 is 2.21 bits per heavy atom. The average Bonchev–Trinajstić information content (AvgIpc) is 2.81. The molecule has 1 heterocycles. The predicted octanol–water partition coefficient (Wildman–Crippen LogP) is 1.58. The smallest absolute Gasteiger partial charge is 0.245 e. The van der Waals surface area contributed by atoms with Crippen LogP contribution in [0.3, 0.4) is 0 Å². The first-order valence-electron chi connectivity index (χ1n) is 5.41. The number of nitrogens with one attached hydrogen (secondary N) is 1. The van der Waals surface area contributed by atoms with E-state index < -0.39 is 10.0 Å². The van der Waals surface area contributed by atoms with E-state index in [1.165, 1.54) is 17.4 Å². The van der Waals surface area contributed by atoms with Crippen LogP contribution in [0.4, 0.5) is 5.69 Å². The summed E-state index contributed by atoms with van der Waals surface area (Å²) in [4.78, 5) is 6.95. The Morgan fingerprint density at radius 3 is 2.79 bits per heavy atom. The lowest BCUT2D eigenvalue weighted by Crippen LogP contribution is -2.27. The number of halogens is 1. The third-order valence-electron chi connectivity index (χ3n) is 2.59. The second-order valence-corrected chi connectivity index (χ2v) is 6.91. The third-order valence-corrected chi connectivity index (χ3v) is 4.96. The Kier molecular flexibility index (Phi) is 3.93. The van der Waals surface area contributed by atoms with Crippen LogP contribution in [0.5, 0.6) is 0 Å². The van der Waals surface area contributed by atoms with Gasteiger partial charge in [0.1, 0.15) is 10.7 Å². The van der Waals surface area contributed by atoms with Crippen LogP contribution in [0.2, 0.25) is 0 Å². The molecule has 0 saturated carbocycles. The largest absolute Gasteiger partial charge is 0.398 e. The molecule has 0 aliphatic rings. The van der Waals surface area contributed by atoms with Crippen LogP contribution in [0, 0.1) is 0 Å². The zero-order chi connectivity index (χ0) is 14.0. The number of nitrogen functional groups attached to an aromatic ring is 1. The van der Waals surface area contributed by atoms with Crippen LogP contribution < -0.4 is 5.73 Å². The molecule has 0 aliphatic carbocycles. The molecule has 6 nitrogen and oxygen atoms in total. The fourth-order valence-electron chi connectivity index (χ4n) is 1.60. The SMILES string of the molecule is CN(Cc1ncc[nH]1)S(=O)(=O)c1ccc(Br)cc1N. The van der Waals surface area contributed by atoms with Crippen molar-refractivity contribution >= 4 is 31.6 Å². The highest BCUT2D eigenvalue weighted by Gasteiger charge is 2.23. The van der Waals surface area contributed by atoms with E-state index in [1.807, 2.05) is 0 Å². The molecular formula is C11H13BrN4O2S. The van der Waals surface area contributed by atoms with Gasteiger partial charge >= 0.3 is 0 Å². The molecule has 0 saturated heterocycles. The maximum Gasteiger partial charge on any atom is 0.245 e. The predicted molar refractivity (Wildman–Crippen MR) is 75.8 cm³/mol. The molecule has 3 N–H and O–H groups in total. The molecule has 0 bridgehead atoms. The summed E-state index contributed by atoms with van der Waals surface area (Å²) >= 11 is 3.25. The number of hydrogen-bond donors (Lipinski definition) is 2. The van der Waals surface area contributed by atoms with Crippen molar-refractivity contribution in [3.05, 3.63) is 40.9 Å². The van der Waals surface area contributed by atoms with Gasteiger partial charge in [-0.25, -0.2) is 13.4 Å². The Labute approximate surface area is 119 Å². The average molecular weight is 345 g/mol. The molecule has 0 fully saturated rings. The Balaban J connectivity index is 2.31. The highest BCUT2D eigenvalue weighted by molar-refractivity contribution is 9.10. The van der Waals surface area contributed by atoms with Crippen molar-refractivity contribution in [2.75, 3.05) is 12.8 Å². The Hall–Kier alpha value is -1.38. The molecule has 0 spiro atoms. The number of hydrogen-bond acceptors (Lipinski definition) is 4. The fraction of sp³-hybridized carbons (Fsp3) is 0.182. The van der Waals surface area contributed by atoms with E-state index in [9.17, 15) is 8.42 Å². The normalized spacial score (nSPS) is 11.9. The number of anilines is 1. The van der Waals surface area contributed by atoms with Gasteiger partial charge in [-0.1, -0.05) is 15.9 Å². The summed E-state index contributed by atoms with van der Waals surface area (Å²) in [6.45, 7) is 0.158. The lowest BCUT2D eigenvalue weighted by Gasteiger charge is -2.17. The van der Waals surface area contributed by atoms with Crippen molar-refractivity contribution in [2.45, 2.75) is 11.4 Å². The number of nitrogens with zero attached hydrogens (tertiary/aromatic N) is 2. The summed E-state index contributed by atoms with van der Waals surface area (Å²) in [5.41, 5.74) is 5.97. The Bertz CT molecular complexity index is 670. The summed E-state index contributed by atoms with van der Waals surface area (Å²) in [5.74, 6) is 0.571. The van der Waals surface area contributed by atoms with Gasteiger partial charge in [-0.3, -0.25) is 0 Å². The topological polar surface area (TPSA) is 92.1 Å². The van der Waals surface area contributed by atoms with Crippen molar-refractivity contribution < 1.29 is 8.42 Å². The number of rotatable bonds is 4. The van der Waals surface area contributed by atoms with E-state index in [0.717, 1.165) is 4.47 Å². The number of imidazole rings is 1. The van der Waals surface area contributed by atoms with E-state index in [1.54, 1.807) is 24.5 Å². The first-order valence-corrected chi connectivity index (χ1v) is 7.64. The molecule has 0 aliphatic heterocycles. The summed E-state index contributed by atoms with van der Waals surface area (Å²) in [5, 5.41) is 0. The minimum Gasteiger partial charge on any atom is -0.398 e. The first-order chi connectivity index (χ1) is 8.91. The Morgan fingerprint density at radius 1 is 1.47 bits per heavy atom. The number of aromatic nitrogens is 2. The summed E-state index contributed by atoms with van der Waals surface area (Å²) in [7, 11) is -2.15. The summed E-state index contributed by atoms with van der Waals surface area (Å²) < 4.78 is 26.7. The second-order valence-electron chi connectivity index (χ2n) is 3.98. The zero-order valence-corrected chi connectivity index (χ0v) is 12.6. The van der Waals surface area contributed by atoms with Gasteiger partial charge in [0.05, 0.1) is 12.2 Å². The molecular weight excluding hydrogens is 332 g/mol. The number of sulfonamides is 1. The summed E-state index contributed by atoms with van der Waals surface area (Å²) in [6.07, 6.45) is 3.22. The van der Waals surface area contributed by atoms with Gasteiger partial charge in [0.2, 0.25) is 10.0 Å². The highest BCUT2D eigenvalue weighted by atomic mass is 79.9. The maximum atomic E-state index is 12.4. The van der Waals surface area contributed by atoms with E-state index in [0.29, 0.717) is 5.82 Å². The minimum atomic E-state index is -3.63. The molecule has 0 unspecified atom stereocenters. The zero-order valence-electron chi connectivity index (χ0n) is 10.2. The van der Waals surface area contributed by atoms with Gasteiger partial charge < -0.3 is 10.7 Å². The van der Waals surface area contributed by atoms with Gasteiger partial charge in [0.15, 0.2) is 0 Å². The van der Waals surface area contributed by atoms with Crippen LogP contribution in [0.25, 0.3) is 0 Å². The van der Waals surface area contributed by atoms with Crippen LogP contribution in [-0.2, 0) is 16.6 Å². The minimum absolute atomic E-state index is 0.0877. The van der Waals surface area contributed by atoms with Crippen molar-refractivity contribution in [3.8, 4) is 0 Å². The quantitative estimate of drug-likeness (QED) is 0.823. The van der Waals surface area contributed by atoms with E-state index >= 15 is 0 Å². The van der Waals surface area contributed by atoms with Crippen molar-refractivity contribution in [1.82, 2.24) is 14.3 Å². The van der Waals surface area contributed by atoms with Gasteiger partial charge in [0.25, 0.3) is 0 Å². The third kappa shape index (κ3) is 2.96. The molecule has 19 heavy (non-hydrogen) atoms. The molecule has 2 rings (SSSR count). The van der Waals surface area contributed by atoms with Crippen LogP contribution >= 0.6 is 15.9 Å². The maximum absolute atomic E-state index is 12.4. The lowest BCUT2D eigenvalue weighted by atomic mass is 10.3. The van der Waals surface area contributed by atoms with Gasteiger partial charge in [-0.05, 0) is 18.2 Å². The summed E-state index contributed by atoms with van der Waals surface area (Å²) in [6, 6.07) is 4.69. The number of H-pyrrole nitrogens is 1. The standard InChI is InChI=1S/C11H13BrN4O2S/c1-16(7-11-14-4-5-15-11)19(17,18)10-3-2-8(12)6-9(10)13/h2-6H,7,13H2,1H3,(H,14,15). The fourth-order valence-corrected chi connectivity index (χ4v) is 3.21. The van der Waals surface area contributed by atoms with Gasteiger partial charge in [-0.15, -0.1) is 0 Å². The van der Waals surface area contributed by atoms with Gasteiger partial charge in [-0.2, -0.15) is 4.31 Å². The molecule has 0 radical (unpaired) electrons. The van der Waals surface area contributed by atoms with Crippen LogP contribution in [0.1, 0.15) is 5.82 Å². The van der Waals surface area contributed by atoms with Crippen LogP contribution in [0.15, 0.2) is 40.0 Å². The molecule has 0 amide bonds. The number of benzene rings is 1. The molecule has 2 aromatic rings. The lowest BCUT2D eigenvalue weighted by molar-refractivity contribution is 0.458. The molecule has 102 valence electrons. The number of aromatic amines is 1. The number of nitrogens with two attached hydrogens (primary N) is 1. The van der Waals surface area contributed by atoms with E-state index in [-0.39, 0.29) is 17.1 Å². The van der Waals surface area contributed by atoms with Crippen molar-refractivity contribution in [2.24, 2.45) is 0 Å². The van der Waals surface area contributed by atoms with E-state index in [2.05, 4.69) is 25.9 Å². The van der Waals surface area contributed by atoms with Gasteiger partial charge in [0, 0.05) is 23.9 Å². The van der Waals surface area contributed by atoms with Crippen molar-refractivity contribution in [3.63, 3.8) is 0 Å². The second kappa shape index (κ2) is 5.32.